The molecule has 1 aliphatic rings. The molecule has 9 unspecified atom stereocenters. The molecular weight excluding hydrogens is 955 g/mol. The van der Waals surface area contributed by atoms with Crippen LogP contribution in [0.1, 0.15) is 290 Å². The van der Waals surface area contributed by atoms with Gasteiger partial charge in [0, 0.05) is 0 Å². The maximum atomic E-state index is 13.2. The molecule has 76 heavy (non-hydrogen) atoms. The van der Waals surface area contributed by atoms with E-state index in [9.17, 15) is 40.5 Å². The first-order valence-electron chi connectivity index (χ1n) is 32.0. The number of carbonyl (C=O) groups excluding carboxylic acids is 1. The van der Waals surface area contributed by atoms with E-state index in [2.05, 4.69) is 67.8 Å². The lowest BCUT2D eigenvalue weighted by Crippen LogP contribution is -2.60. The van der Waals surface area contributed by atoms with Gasteiger partial charge in [0.25, 0.3) is 0 Å². The zero-order chi connectivity index (χ0) is 55.4. The summed E-state index contributed by atoms with van der Waals surface area (Å²) in [5, 5.41) is 76.3. The van der Waals surface area contributed by atoms with Crippen molar-refractivity contribution in [3.05, 3.63) is 48.6 Å². The molecule has 0 aromatic carbocycles. The molecule has 8 N–H and O–H groups in total. The predicted molar refractivity (Wildman–Crippen MR) is 316 cm³/mol. The van der Waals surface area contributed by atoms with E-state index in [1.807, 2.05) is 0 Å². The molecule has 11 heteroatoms. The molecule has 0 aromatic rings. The van der Waals surface area contributed by atoms with Crippen LogP contribution in [0.4, 0.5) is 0 Å². The maximum absolute atomic E-state index is 13.2. The van der Waals surface area contributed by atoms with Gasteiger partial charge in [-0.15, -0.1) is 0 Å². The molecule has 446 valence electrons. The van der Waals surface area contributed by atoms with Crippen molar-refractivity contribution < 1.29 is 50.0 Å². The van der Waals surface area contributed by atoms with Crippen LogP contribution in [-0.2, 0) is 14.3 Å². The number of nitrogens with one attached hydrogen (secondary N) is 1. The fourth-order valence-electron chi connectivity index (χ4n) is 10.1. The number of hydrogen-bond acceptors (Lipinski definition) is 10. The molecule has 0 spiro atoms. The molecule has 1 saturated heterocycles. The van der Waals surface area contributed by atoms with E-state index in [1.54, 1.807) is 0 Å². The van der Waals surface area contributed by atoms with E-state index in [-0.39, 0.29) is 12.8 Å². The second kappa shape index (κ2) is 53.7. The summed E-state index contributed by atoms with van der Waals surface area (Å²) in [6.07, 6.45) is 57.5. The summed E-state index contributed by atoms with van der Waals surface area (Å²) < 4.78 is 11.1. The lowest BCUT2D eigenvalue weighted by molar-refractivity contribution is -0.303. The zero-order valence-corrected chi connectivity index (χ0v) is 49.0. The van der Waals surface area contributed by atoms with Crippen LogP contribution in [0.5, 0.6) is 0 Å². The van der Waals surface area contributed by atoms with Crippen molar-refractivity contribution in [2.45, 2.75) is 345 Å². The van der Waals surface area contributed by atoms with E-state index in [0.717, 1.165) is 64.2 Å². The Morgan fingerprint density at radius 1 is 0.461 bits per heavy atom. The second-order valence-electron chi connectivity index (χ2n) is 22.5. The van der Waals surface area contributed by atoms with Crippen LogP contribution in [0, 0.1) is 0 Å². The van der Waals surface area contributed by atoms with Gasteiger partial charge in [0.05, 0.1) is 25.4 Å². The van der Waals surface area contributed by atoms with Crippen molar-refractivity contribution in [2.24, 2.45) is 0 Å². The van der Waals surface area contributed by atoms with Gasteiger partial charge in [0.2, 0.25) is 5.91 Å². The first-order valence-corrected chi connectivity index (χ1v) is 32.0. The first-order chi connectivity index (χ1) is 37.2. The van der Waals surface area contributed by atoms with Crippen LogP contribution < -0.4 is 5.32 Å². The van der Waals surface area contributed by atoms with Gasteiger partial charge in [0.15, 0.2) is 6.29 Å². The number of allylic oxidation sites excluding steroid dienone is 8. The van der Waals surface area contributed by atoms with Crippen LogP contribution in [0.3, 0.4) is 0 Å². The molecule has 0 aliphatic carbocycles. The van der Waals surface area contributed by atoms with Crippen molar-refractivity contribution >= 4 is 5.91 Å². The highest BCUT2D eigenvalue weighted by atomic mass is 16.7. The zero-order valence-electron chi connectivity index (χ0n) is 49.0. The van der Waals surface area contributed by atoms with Crippen LogP contribution in [0.2, 0.25) is 0 Å². The first kappa shape index (κ1) is 72.1. The SMILES string of the molecule is CCCCCCCCCCC/C=C\C/C=C\CCCCCCCCC(O)C(=O)NC(COC1OC(CO)C(O)C(O)C1O)C(O)C(O)CCC/C=C/CC/C=C/CCCCCCCCCCCCCCCCCCCC. The highest BCUT2D eigenvalue weighted by Crippen LogP contribution is 2.23. The molecule has 1 fully saturated rings. The number of aliphatic hydroxyl groups excluding tert-OH is 7. The topological polar surface area (TPSA) is 189 Å². The number of ether oxygens (including phenoxy) is 2. The number of hydrogen-bond donors (Lipinski definition) is 8. The van der Waals surface area contributed by atoms with E-state index < -0.39 is 74.2 Å². The molecule has 0 bridgehead atoms. The summed E-state index contributed by atoms with van der Waals surface area (Å²) in [6.45, 7) is 3.46. The molecule has 9 atom stereocenters. The van der Waals surface area contributed by atoms with Crippen LogP contribution >= 0.6 is 0 Å². The van der Waals surface area contributed by atoms with Gasteiger partial charge in [-0.1, -0.05) is 255 Å². The van der Waals surface area contributed by atoms with Crippen molar-refractivity contribution in [2.75, 3.05) is 13.2 Å². The largest absolute Gasteiger partial charge is 0.394 e. The van der Waals surface area contributed by atoms with Gasteiger partial charge < -0.3 is 50.5 Å². The Morgan fingerprint density at radius 3 is 1.25 bits per heavy atom. The molecule has 1 aliphatic heterocycles. The minimum absolute atomic E-state index is 0.238. The Kier molecular flexibility index (Phi) is 50.9. The van der Waals surface area contributed by atoms with E-state index in [1.165, 1.54) is 180 Å². The standard InChI is InChI=1S/C65H121NO10/c1-3-5-7-9-11-13-15-17-19-21-23-25-27-28-29-30-31-33-34-36-38-40-42-44-46-48-50-52-57(68)60(70)56(55-75-65-63(73)62(72)61(71)59(54-67)76-65)66-64(74)58(69)53-51-49-47-45-43-41-39-37-35-32-26-24-22-20-18-16-14-12-10-8-6-4-2/h24,26,35-38,44,46,56-63,65,67-73H,3-23,25,27-34,39-43,45,47-55H2,1-2H3,(H,66,74)/b26-24-,37-35-,38-36+,46-44+. The molecule has 1 rings (SSSR count). The highest BCUT2D eigenvalue weighted by molar-refractivity contribution is 5.80. The highest BCUT2D eigenvalue weighted by Gasteiger charge is 2.44. The molecule has 11 nitrogen and oxygen atoms in total. The van der Waals surface area contributed by atoms with Crippen LogP contribution in [-0.4, -0.2) is 110 Å². The Hall–Kier alpha value is -1.93. The number of aliphatic hydroxyl groups is 7. The summed E-state index contributed by atoms with van der Waals surface area (Å²) in [5.41, 5.74) is 0. The summed E-state index contributed by atoms with van der Waals surface area (Å²) in [6, 6.07) is -1.20. The summed E-state index contributed by atoms with van der Waals surface area (Å²) in [7, 11) is 0. The molecule has 0 aromatic heterocycles. The molecule has 0 saturated carbocycles. The van der Waals surface area contributed by atoms with Crippen molar-refractivity contribution in [1.82, 2.24) is 5.32 Å². The second-order valence-corrected chi connectivity index (χ2v) is 22.5. The van der Waals surface area contributed by atoms with Gasteiger partial charge >= 0.3 is 0 Å². The van der Waals surface area contributed by atoms with Gasteiger partial charge in [-0.2, -0.15) is 0 Å². The normalized spacial score (nSPS) is 19.9. The van der Waals surface area contributed by atoms with Gasteiger partial charge in [0.1, 0.15) is 36.6 Å². The maximum Gasteiger partial charge on any atom is 0.249 e. The Balaban J connectivity index is 2.30. The Bertz CT molecular complexity index is 1370. The van der Waals surface area contributed by atoms with Gasteiger partial charge in [-0.05, 0) is 83.5 Å². The lowest BCUT2D eigenvalue weighted by Gasteiger charge is -2.40. The molecular formula is C65H121NO10. The molecule has 0 radical (unpaired) electrons. The van der Waals surface area contributed by atoms with Gasteiger partial charge in [-0.25, -0.2) is 0 Å². The van der Waals surface area contributed by atoms with Crippen molar-refractivity contribution in [1.29, 1.82) is 0 Å². The van der Waals surface area contributed by atoms with E-state index in [0.29, 0.717) is 19.3 Å². The number of carbonyl (C=O) groups is 1. The van der Waals surface area contributed by atoms with Crippen LogP contribution in [0.15, 0.2) is 48.6 Å². The lowest BCUT2D eigenvalue weighted by atomic mass is 9.98. The van der Waals surface area contributed by atoms with E-state index >= 15 is 0 Å². The van der Waals surface area contributed by atoms with E-state index in [4.69, 9.17) is 9.47 Å². The summed E-state index contributed by atoms with van der Waals surface area (Å²) in [5.74, 6) is -0.717. The predicted octanol–water partition coefficient (Wildman–Crippen LogP) is 14.4. The van der Waals surface area contributed by atoms with Crippen molar-refractivity contribution in [3.8, 4) is 0 Å². The third-order valence-electron chi connectivity index (χ3n) is 15.3. The third-order valence-corrected chi connectivity index (χ3v) is 15.3. The number of amides is 1. The number of rotatable bonds is 55. The third kappa shape index (κ3) is 41.1. The molecule has 1 amide bonds. The Morgan fingerprint density at radius 2 is 0.829 bits per heavy atom. The average molecular weight is 1080 g/mol. The summed E-state index contributed by atoms with van der Waals surface area (Å²) in [4.78, 5) is 13.2. The average Bonchev–Trinajstić information content (AvgIpc) is 3.42. The minimum Gasteiger partial charge on any atom is -0.394 e. The van der Waals surface area contributed by atoms with Crippen LogP contribution in [0.25, 0.3) is 0 Å². The smallest absolute Gasteiger partial charge is 0.249 e. The summed E-state index contributed by atoms with van der Waals surface area (Å²) >= 11 is 0. The molecule has 1 heterocycles. The fraction of sp³-hybridized carbons (Fsp3) is 0.862. The monoisotopic (exact) mass is 1080 g/mol. The minimum atomic E-state index is -1.68. The van der Waals surface area contributed by atoms with Gasteiger partial charge in [-0.3, -0.25) is 4.79 Å². The Labute approximate surface area is 466 Å². The number of unbranched alkanes of at least 4 members (excludes halogenated alkanes) is 35. The fourth-order valence-corrected chi connectivity index (χ4v) is 10.1. The van der Waals surface area contributed by atoms with Crippen molar-refractivity contribution in [3.63, 3.8) is 0 Å². The quantitative estimate of drug-likeness (QED) is 0.0215.